The van der Waals surface area contributed by atoms with E-state index in [1.165, 1.54) is 13.8 Å². The minimum absolute atomic E-state index is 0.0204. The van der Waals surface area contributed by atoms with Crippen LogP contribution in [0.3, 0.4) is 0 Å². The lowest BCUT2D eigenvalue weighted by Gasteiger charge is -2.33. The van der Waals surface area contributed by atoms with Crippen LogP contribution in [0.15, 0.2) is 30.3 Å². The van der Waals surface area contributed by atoms with Crippen molar-refractivity contribution in [2.45, 2.75) is 95.8 Å². The topological polar surface area (TPSA) is 259 Å². The van der Waals surface area contributed by atoms with Gasteiger partial charge in [0, 0.05) is 19.8 Å². The average molecular weight is 635 g/mol. The fraction of sp³-hybridized carbons (Fsp3) is 0.533. The van der Waals surface area contributed by atoms with Gasteiger partial charge in [0.1, 0.15) is 12.1 Å². The summed E-state index contributed by atoms with van der Waals surface area (Å²) < 4.78 is 0. The van der Waals surface area contributed by atoms with Gasteiger partial charge in [-0.25, -0.2) is 0 Å². The smallest absolute Gasteiger partial charge is 0.305 e. The normalized spacial score (nSPS) is 14.2. The molecule has 3 amide bonds. The summed E-state index contributed by atoms with van der Waals surface area (Å²) >= 11 is 0. The number of carbonyl (C=O) groups is 8. The SMILES string of the molecule is CC(=O)N[C@@H](CC(=O)O)C(=O)C(N)(CCC(=O)O)C(=O)N[C@H](C(=O)N[C@@H](CC(=O)O)C(=O)CCCCc1ccccc1)C(C)C. The second-order valence-corrected chi connectivity index (χ2v) is 11.1. The van der Waals surface area contributed by atoms with Crippen LogP contribution >= 0.6 is 0 Å². The Morgan fingerprint density at radius 1 is 0.778 bits per heavy atom. The van der Waals surface area contributed by atoms with E-state index in [1.807, 2.05) is 30.3 Å². The molecule has 1 aromatic carbocycles. The molecule has 4 atom stereocenters. The van der Waals surface area contributed by atoms with E-state index in [1.54, 1.807) is 0 Å². The Morgan fingerprint density at radius 2 is 1.36 bits per heavy atom. The number of ketones is 2. The van der Waals surface area contributed by atoms with Gasteiger partial charge in [-0.05, 0) is 37.2 Å². The van der Waals surface area contributed by atoms with Gasteiger partial charge in [0.2, 0.25) is 17.7 Å². The Hall–Kier alpha value is -4.66. The van der Waals surface area contributed by atoms with Gasteiger partial charge >= 0.3 is 17.9 Å². The molecule has 248 valence electrons. The molecule has 15 heteroatoms. The highest BCUT2D eigenvalue weighted by Crippen LogP contribution is 2.18. The molecule has 0 bridgehead atoms. The third-order valence-electron chi connectivity index (χ3n) is 6.95. The van der Waals surface area contributed by atoms with E-state index in [-0.39, 0.29) is 6.42 Å². The lowest BCUT2D eigenvalue weighted by molar-refractivity contribution is -0.146. The van der Waals surface area contributed by atoms with Crippen molar-refractivity contribution in [1.29, 1.82) is 0 Å². The molecule has 0 saturated heterocycles. The number of Topliss-reactive ketones (excluding diaryl/α,β-unsaturated/α-hetero) is 2. The highest BCUT2D eigenvalue weighted by atomic mass is 16.4. The van der Waals surface area contributed by atoms with Gasteiger partial charge in [-0.1, -0.05) is 44.2 Å². The quantitative estimate of drug-likeness (QED) is 0.0706. The number of hydrogen-bond donors (Lipinski definition) is 7. The van der Waals surface area contributed by atoms with Crippen molar-refractivity contribution in [3.8, 4) is 0 Å². The van der Waals surface area contributed by atoms with E-state index in [0.717, 1.165) is 12.5 Å². The average Bonchev–Trinajstić information content (AvgIpc) is 2.94. The van der Waals surface area contributed by atoms with Crippen LogP contribution in [-0.4, -0.2) is 86.2 Å². The fourth-order valence-corrected chi connectivity index (χ4v) is 4.53. The van der Waals surface area contributed by atoms with Crippen LogP contribution in [-0.2, 0) is 44.8 Å². The molecule has 8 N–H and O–H groups in total. The summed E-state index contributed by atoms with van der Waals surface area (Å²) in [6.07, 6.45) is -1.55. The minimum Gasteiger partial charge on any atom is -0.481 e. The van der Waals surface area contributed by atoms with Crippen molar-refractivity contribution in [2.24, 2.45) is 11.7 Å². The van der Waals surface area contributed by atoms with Gasteiger partial charge < -0.3 is 37.0 Å². The van der Waals surface area contributed by atoms with E-state index in [4.69, 9.17) is 5.73 Å². The molecule has 0 spiro atoms. The number of nitrogens with two attached hydrogens (primary N) is 1. The number of aliphatic carboxylic acids is 3. The fourth-order valence-electron chi connectivity index (χ4n) is 4.53. The Bertz CT molecular complexity index is 1240. The van der Waals surface area contributed by atoms with Gasteiger partial charge in [-0.3, -0.25) is 38.4 Å². The summed E-state index contributed by atoms with van der Waals surface area (Å²) in [6, 6.07) is 4.83. The molecule has 1 aromatic rings. The van der Waals surface area contributed by atoms with Crippen LogP contribution in [0.25, 0.3) is 0 Å². The standard InChI is InChI=1S/C30H42N4O11/c1-17(2)26(28(44)33-20(15-24(39)40)22(36)12-8-7-11-19-9-5-4-6-10-19)34-29(45)30(31,14-13-23(37)38)27(43)21(16-25(41)42)32-18(3)35/h4-6,9-10,17,20-21,26H,7-8,11-16,31H2,1-3H3,(H,32,35)(H,33,44)(H,34,45)(H,37,38)(H,39,40)(H,41,42)/t20-,21-,26-,30?/m0/s1. The number of aryl methyl sites for hydroxylation is 1. The maximum atomic E-state index is 13.5. The molecule has 0 aliphatic carbocycles. The molecule has 0 heterocycles. The van der Waals surface area contributed by atoms with E-state index in [0.29, 0.717) is 19.3 Å². The largest absolute Gasteiger partial charge is 0.481 e. The zero-order valence-corrected chi connectivity index (χ0v) is 25.5. The highest BCUT2D eigenvalue weighted by molar-refractivity contribution is 6.14. The highest BCUT2D eigenvalue weighted by Gasteiger charge is 2.47. The second kappa shape index (κ2) is 18.2. The zero-order valence-electron chi connectivity index (χ0n) is 25.5. The van der Waals surface area contributed by atoms with Gasteiger partial charge in [0.15, 0.2) is 17.1 Å². The number of hydrogen-bond acceptors (Lipinski definition) is 9. The van der Waals surface area contributed by atoms with Crippen LogP contribution in [0.5, 0.6) is 0 Å². The Balaban J connectivity index is 3.15. The Labute approximate surface area is 260 Å². The van der Waals surface area contributed by atoms with Crippen molar-refractivity contribution < 1.29 is 53.7 Å². The third kappa shape index (κ3) is 13.3. The van der Waals surface area contributed by atoms with Crippen molar-refractivity contribution in [1.82, 2.24) is 16.0 Å². The summed E-state index contributed by atoms with van der Waals surface area (Å²) in [5, 5.41) is 34.5. The molecule has 0 fully saturated rings. The summed E-state index contributed by atoms with van der Waals surface area (Å²) in [7, 11) is 0. The summed E-state index contributed by atoms with van der Waals surface area (Å²) in [5.41, 5.74) is 4.51. The van der Waals surface area contributed by atoms with Crippen LogP contribution in [0.4, 0.5) is 0 Å². The Kier molecular flexibility index (Phi) is 15.5. The van der Waals surface area contributed by atoms with Crippen LogP contribution in [0.2, 0.25) is 0 Å². The number of rotatable bonds is 21. The van der Waals surface area contributed by atoms with Crippen LogP contribution in [0, 0.1) is 5.92 Å². The lowest BCUT2D eigenvalue weighted by Crippen LogP contribution is -2.67. The van der Waals surface area contributed by atoms with Crippen LogP contribution in [0.1, 0.15) is 71.3 Å². The maximum Gasteiger partial charge on any atom is 0.305 e. The number of carboxylic acids is 3. The van der Waals surface area contributed by atoms with E-state index in [9.17, 15) is 53.7 Å². The van der Waals surface area contributed by atoms with E-state index in [2.05, 4.69) is 16.0 Å². The predicted molar refractivity (Wildman–Crippen MR) is 159 cm³/mol. The first-order valence-electron chi connectivity index (χ1n) is 14.4. The van der Waals surface area contributed by atoms with Gasteiger partial charge in [-0.2, -0.15) is 0 Å². The monoisotopic (exact) mass is 634 g/mol. The number of benzene rings is 1. The molecular formula is C30H42N4O11. The summed E-state index contributed by atoms with van der Waals surface area (Å²) in [6.45, 7) is 4.00. The molecule has 0 radical (unpaired) electrons. The minimum atomic E-state index is -2.69. The first-order chi connectivity index (χ1) is 21.0. The molecule has 0 aliphatic rings. The number of nitrogens with one attached hydrogen (secondary N) is 3. The van der Waals surface area contributed by atoms with Crippen molar-refractivity contribution in [3.05, 3.63) is 35.9 Å². The van der Waals surface area contributed by atoms with Crippen molar-refractivity contribution >= 4 is 47.2 Å². The van der Waals surface area contributed by atoms with Crippen molar-refractivity contribution in [3.63, 3.8) is 0 Å². The molecule has 45 heavy (non-hydrogen) atoms. The summed E-state index contributed by atoms with van der Waals surface area (Å²) in [4.78, 5) is 98.8. The van der Waals surface area contributed by atoms with Gasteiger partial charge in [0.25, 0.3) is 0 Å². The van der Waals surface area contributed by atoms with E-state index >= 15 is 0 Å². The van der Waals surface area contributed by atoms with Gasteiger partial charge in [0.05, 0.1) is 18.9 Å². The maximum absolute atomic E-state index is 13.5. The predicted octanol–water partition coefficient (Wildman–Crippen LogP) is 0.180. The zero-order chi connectivity index (χ0) is 34.3. The lowest BCUT2D eigenvalue weighted by atomic mass is 9.83. The van der Waals surface area contributed by atoms with Crippen molar-refractivity contribution in [2.75, 3.05) is 0 Å². The first kappa shape index (κ1) is 38.4. The molecule has 1 rings (SSSR count). The van der Waals surface area contributed by atoms with Crippen LogP contribution < -0.4 is 21.7 Å². The van der Waals surface area contributed by atoms with Gasteiger partial charge in [-0.15, -0.1) is 0 Å². The molecule has 0 saturated carbocycles. The molecule has 0 aromatic heterocycles. The Morgan fingerprint density at radius 3 is 1.87 bits per heavy atom. The first-order valence-corrected chi connectivity index (χ1v) is 14.4. The molecule has 1 unspecified atom stereocenters. The molecule has 0 aliphatic heterocycles. The summed E-state index contributed by atoms with van der Waals surface area (Å²) in [5.74, 6) is -9.95. The third-order valence-corrected chi connectivity index (χ3v) is 6.95. The molecular weight excluding hydrogens is 592 g/mol. The number of carbonyl (C=O) groups excluding carboxylic acids is 5. The van der Waals surface area contributed by atoms with E-state index < -0.39 is 102 Å². The second-order valence-electron chi connectivity index (χ2n) is 11.1. The molecule has 15 nitrogen and oxygen atoms in total. The number of amides is 3. The number of carboxylic acid groups (broad SMARTS) is 3. The number of unbranched alkanes of at least 4 members (excludes halogenated alkanes) is 1.